The summed E-state index contributed by atoms with van der Waals surface area (Å²) < 4.78 is 0. The van der Waals surface area contributed by atoms with Gasteiger partial charge in [0.15, 0.2) is 0 Å². The second-order valence-corrected chi connectivity index (χ2v) is 6.36. The Balaban J connectivity index is 4.09. The number of hydrogen-bond acceptors (Lipinski definition) is 4. The Hall–Kier alpha value is 0.620. The molecule has 0 aromatic rings. The first-order chi connectivity index (χ1) is 7.71. The normalized spacial score (nSPS) is 15.4. The van der Waals surface area contributed by atoms with Crippen molar-refractivity contribution in [3.8, 4) is 0 Å². The molecular formula is C12H28N2S2. The average molecular weight is 265 g/mol. The lowest BCUT2D eigenvalue weighted by molar-refractivity contribution is 0.183. The Morgan fingerprint density at radius 3 is 2.38 bits per heavy atom. The SMILES string of the molecule is CCSCCC(CN)N(C)C(CC)CSC. The lowest BCUT2D eigenvalue weighted by atomic mass is 10.1. The molecule has 0 rings (SSSR count). The summed E-state index contributed by atoms with van der Waals surface area (Å²) in [4.78, 5) is 2.49. The Labute approximate surface area is 110 Å². The molecule has 0 bridgehead atoms. The van der Waals surface area contributed by atoms with E-state index < -0.39 is 0 Å². The zero-order valence-corrected chi connectivity index (χ0v) is 12.9. The molecule has 2 unspecified atom stereocenters. The fourth-order valence-electron chi connectivity index (χ4n) is 1.87. The van der Waals surface area contributed by atoms with E-state index >= 15 is 0 Å². The Bertz CT molecular complexity index is 156. The highest BCUT2D eigenvalue weighted by Crippen LogP contribution is 2.15. The first-order valence-corrected chi connectivity index (χ1v) is 8.74. The van der Waals surface area contributed by atoms with Gasteiger partial charge in [-0.25, -0.2) is 0 Å². The summed E-state index contributed by atoms with van der Waals surface area (Å²) in [7, 11) is 2.23. The van der Waals surface area contributed by atoms with Gasteiger partial charge in [-0.2, -0.15) is 23.5 Å². The van der Waals surface area contributed by atoms with Crippen molar-refractivity contribution in [1.82, 2.24) is 4.90 Å². The summed E-state index contributed by atoms with van der Waals surface area (Å²) in [6, 6.07) is 1.23. The minimum absolute atomic E-state index is 0.552. The van der Waals surface area contributed by atoms with Gasteiger partial charge in [0.05, 0.1) is 0 Å². The summed E-state index contributed by atoms with van der Waals surface area (Å²) in [5.41, 5.74) is 5.89. The lowest BCUT2D eigenvalue weighted by Crippen LogP contribution is -2.45. The van der Waals surface area contributed by atoms with Crippen LogP contribution in [0.15, 0.2) is 0 Å². The van der Waals surface area contributed by atoms with Gasteiger partial charge < -0.3 is 5.73 Å². The fraction of sp³-hybridized carbons (Fsp3) is 1.00. The van der Waals surface area contributed by atoms with Gasteiger partial charge >= 0.3 is 0 Å². The molecule has 0 aliphatic carbocycles. The van der Waals surface area contributed by atoms with Crippen LogP contribution < -0.4 is 5.73 Å². The highest BCUT2D eigenvalue weighted by Gasteiger charge is 2.19. The Kier molecular flexibility index (Phi) is 11.2. The Morgan fingerprint density at radius 2 is 1.94 bits per heavy atom. The first-order valence-electron chi connectivity index (χ1n) is 6.19. The third-order valence-electron chi connectivity index (χ3n) is 3.05. The topological polar surface area (TPSA) is 29.3 Å². The van der Waals surface area contributed by atoms with Crippen molar-refractivity contribution in [3.63, 3.8) is 0 Å². The molecule has 2 atom stereocenters. The van der Waals surface area contributed by atoms with Gasteiger partial charge in [-0.15, -0.1) is 0 Å². The molecule has 0 saturated heterocycles. The van der Waals surface area contributed by atoms with Crippen molar-refractivity contribution in [2.24, 2.45) is 5.73 Å². The smallest absolute Gasteiger partial charge is 0.0226 e. The molecule has 0 amide bonds. The van der Waals surface area contributed by atoms with Crippen LogP contribution in [0.5, 0.6) is 0 Å². The summed E-state index contributed by atoms with van der Waals surface area (Å²) in [5.74, 6) is 3.66. The van der Waals surface area contributed by atoms with Gasteiger partial charge in [0.25, 0.3) is 0 Å². The van der Waals surface area contributed by atoms with Gasteiger partial charge in [-0.1, -0.05) is 13.8 Å². The van der Waals surface area contributed by atoms with E-state index in [1.807, 2.05) is 23.5 Å². The molecule has 0 aliphatic heterocycles. The van der Waals surface area contributed by atoms with E-state index in [4.69, 9.17) is 5.73 Å². The second kappa shape index (κ2) is 10.8. The molecule has 0 heterocycles. The van der Waals surface area contributed by atoms with Crippen LogP contribution >= 0.6 is 23.5 Å². The molecule has 0 fully saturated rings. The van der Waals surface area contributed by atoms with E-state index in [0.717, 1.165) is 6.54 Å². The van der Waals surface area contributed by atoms with Crippen LogP contribution in [0.3, 0.4) is 0 Å². The largest absolute Gasteiger partial charge is 0.329 e. The summed E-state index contributed by atoms with van der Waals surface area (Å²) in [5, 5.41) is 0. The standard InChI is InChI=1S/C12H28N2S2/c1-5-11(10-15-4)14(3)12(9-13)7-8-16-6-2/h11-12H,5-10,13H2,1-4H3. The van der Waals surface area contributed by atoms with Gasteiger partial charge in [0.1, 0.15) is 0 Å². The molecule has 0 spiro atoms. The average Bonchev–Trinajstić information content (AvgIpc) is 2.31. The number of nitrogens with zero attached hydrogens (tertiary/aromatic N) is 1. The second-order valence-electron chi connectivity index (χ2n) is 4.06. The maximum absolute atomic E-state index is 5.89. The minimum Gasteiger partial charge on any atom is -0.329 e. The lowest BCUT2D eigenvalue weighted by Gasteiger charge is -2.33. The van der Waals surface area contributed by atoms with E-state index in [9.17, 15) is 0 Å². The van der Waals surface area contributed by atoms with E-state index in [0.29, 0.717) is 12.1 Å². The Morgan fingerprint density at radius 1 is 1.25 bits per heavy atom. The number of thioether (sulfide) groups is 2. The van der Waals surface area contributed by atoms with Crippen LogP contribution in [0, 0.1) is 0 Å². The van der Waals surface area contributed by atoms with Crippen LogP contribution in [0.2, 0.25) is 0 Å². The minimum atomic E-state index is 0.552. The molecule has 98 valence electrons. The van der Waals surface area contributed by atoms with Crippen molar-refractivity contribution in [2.75, 3.05) is 37.1 Å². The predicted octanol–water partition coefficient (Wildman–Crippen LogP) is 2.53. The van der Waals surface area contributed by atoms with Crippen molar-refractivity contribution >= 4 is 23.5 Å². The number of likely N-dealkylation sites (N-methyl/N-ethyl adjacent to an activating group) is 1. The molecular weight excluding hydrogens is 236 g/mol. The van der Waals surface area contributed by atoms with E-state index in [2.05, 4.69) is 32.1 Å². The number of rotatable bonds is 10. The molecule has 4 heteroatoms. The van der Waals surface area contributed by atoms with Crippen LogP contribution in [0.1, 0.15) is 26.7 Å². The van der Waals surface area contributed by atoms with Crippen molar-refractivity contribution < 1.29 is 0 Å². The highest BCUT2D eigenvalue weighted by atomic mass is 32.2. The molecule has 2 N–H and O–H groups in total. The van der Waals surface area contributed by atoms with E-state index in [1.54, 1.807) is 0 Å². The quantitative estimate of drug-likeness (QED) is 0.614. The predicted molar refractivity (Wildman–Crippen MR) is 80.7 cm³/mol. The molecule has 0 aromatic heterocycles. The van der Waals surface area contributed by atoms with Crippen LogP contribution in [-0.4, -0.2) is 54.1 Å². The third-order valence-corrected chi connectivity index (χ3v) is 4.70. The molecule has 2 nitrogen and oxygen atoms in total. The fourth-order valence-corrected chi connectivity index (χ4v) is 3.45. The first kappa shape index (κ1) is 16.6. The summed E-state index contributed by atoms with van der Waals surface area (Å²) in [6.45, 7) is 5.27. The zero-order valence-electron chi connectivity index (χ0n) is 11.2. The number of hydrogen-bond donors (Lipinski definition) is 1. The van der Waals surface area contributed by atoms with E-state index in [-0.39, 0.29) is 0 Å². The van der Waals surface area contributed by atoms with Crippen molar-refractivity contribution in [3.05, 3.63) is 0 Å². The molecule has 0 saturated carbocycles. The van der Waals surface area contributed by atoms with Crippen LogP contribution in [0.4, 0.5) is 0 Å². The monoisotopic (exact) mass is 264 g/mol. The van der Waals surface area contributed by atoms with Gasteiger partial charge in [0.2, 0.25) is 0 Å². The zero-order chi connectivity index (χ0) is 12.4. The van der Waals surface area contributed by atoms with Gasteiger partial charge in [-0.05, 0) is 37.7 Å². The van der Waals surface area contributed by atoms with Crippen LogP contribution in [-0.2, 0) is 0 Å². The molecule has 0 aliphatic rings. The maximum Gasteiger partial charge on any atom is 0.0226 e. The highest BCUT2D eigenvalue weighted by molar-refractivity contribution is 7.99. The van der Waals surface area contributed by atoms with Crippen LogP contribution in [0.25, 0.3) is 0 Å². The van der Waals surface area contributed by atoms with Crippen molar-refractivity contribution in [2.45, 2.75) is 38.8 Å². The van der Waals surface area contributed by atoms with E-state index in [1.165, 1.54) is 30.1 Å². The summed E-state index contributed by atoms with van der Waals surface area (Å²) in [6.07, 6.45) is 4.62. The summed E-state index contributed by atoms with van der Waals surface area (Å²) >= 11 is 3.95. The number of nitrogens with two attached hydrogens (primary N) is 1. The van der Waals surface area contributed by atoms with Gasteiger partial charge in [0, 0.05) is 24.4 Å². The molecule has 0 aromatic carbocycles. The van der Waals surface area contributed by atoms with Crippen molar-refractivity contribution in [1.29, 1.82) is 0 Å². The van der Waals surface area contributed by atoms with Gasteiger partial charge in [-0.3, -0.25) is 4.90 Å². The molecule has 0 radical (unpaired) electrons. The molecule has 16 heavy (non-hydrogen) atoms. The maximum atomic E-state index is 5.89. The third kappa shape index (κ3) is 6.38.